The summed E-state index contributed by atoms with van der Waals surface area (Å²) >= 11 is 6.97. The number of nitrogens with two attached hydrogens (primary N) is 1. The molecule has 0 amide bonds. The highest BCUT2D eigenvalue weighted by Crippen LogP contribution is 2.17. The number of anilines is 1. The minimum Gasteiger partial charge on any atom is -0.486 e. The van der Waals surface area contributed by atoms with Gasteiger partial charge in [0, 0.05) is 5.02 Å². The Hall–Kier alpha value is -1.33. The third-order valence-corrected chi connectivity index (χ3v) is 2.61. The van der Waals surface area contributed by atoms with Gasteiger partial charge in [0.25, 0.3) is 0 Å². The first-order valence-corrected chi connectivity index (χ1v) is 5.35. The molecule has 0 aliphatic carbocycles. The molecule has 4 nitrogen and oxygen atoms in total. The van der Waals surface area contributed by atoms with Crippen LogP contribution in [0.15, 0.2) is 24.3 Å². The minimum absolute atomic E-state index is 0.287. The molecule has 0 spiro atoms. The van der Waals surface area contributed by atoms with Gasteiger partial charge in [0.15, 0.2) is 5.01 Å². The predicted octanol–water partition coefficient (Wildman–Crippen LogP) is 2.35. The van der Waals surface area contributed by atoms with Crippen LogP contribution in [0, 0.1) is 0 Å². The first-order chi connectivity index (χ1) is 7.24. The number of hydrogen-bond donors (Lipinski definition) is 1. The van der Waals surface area contributed by atoms with Crippen molar-refractivity contribution in [2.24, 2.45) is 0 Å². The largest absolute Gasteiger partial charge is 0.486 e. The maximum absolute atomic E-state index is 5.74. The summed E-state index contributed by atoms with van der Waals surface area (Å²) in [4.78, 5) is 3.98. The van der Waals surface area contributed by atoms with E-state index in [0.717, 1.165) is 10.8 Å². The molecule has 0 unspecified atom stereocenters. The number of aromatic nitrogens is 2. The molecule has 2 rings (SSSR count). The smallest absolute Gasteiger partial charge is 0.232 e. The number of ether oxygens (including phenoxy) is 1. The van der Waals surface area contributed by atoms with Gasteiger partial charge in [-0.05, 0) is 35.8 Å². The van der Waals surface area contributed by atoms with Crippen LogP contribution in [0.25, 0.3) is 0 Å². The van der Waals surface area contributed by atoms with Crippen molar-refractivity contribution in [3.63, 3.8) is 0 Å². The quantitative estimate of drug-likeness (QED) is 0.896. The summed E-state index contributed by atoms with van der Waals surface area (Å²) in [5.41, 5.74) is 5.38. The lowest BCUT2D eigenvalue weighted by atomic mass is 10.3. The van der Waals surface area contributed by atoms with E-state index in [1.165, 1.54) is 11.5 Å². The molecule has 0 radical (unpaired) electrons. The van der Waals surface area contributed by atoms with Gasteiger partial charge in [0.1, 0.15) is 12.4 Å². The Kier molecular flexibility index (Phi) is 3.03. The van der Waals surface area contributed by atoms with Crippen molar-refractivity contribution in [3.8, 4) is 5.75 Å². The molecule has 6 heteroatoms. The second-order valence-electron chi connectivity index (χ2n) is 2.79. The van der Waals surface area contributed by atoms with Crippen molar-refractivity contribution in [3.05, 3.63) is 34.3 Å². The third-order valence-electron chi connectivity index (χ3n) is 1.66. The Labute approximate surface area is 95.8 Å². The number of hydrogen-bond acceptors (Lipinski definition) is 5. The molecule has 0 bridgehead atoms. The van der Waals surface area contributed by atoms with E-state index in [2.05, 4.69) is 9.36 Å². The van der Waals surface area contributed by atoms with E-state index < -0.39 is 0 Å². The molecule has 0 atom stereocenters. The first-order valence-electron chi connectivity index (χ1n) is 4.20. The molecule has 15 heavy (non-hydrogen) atoms. The van der Waals surface area contributed by atoms with E-state index in [0.29, 0.717) is 11.6 Å². The molecule has 78 valence electrons. The van der Waals surface area contributed by atoms with Crippen LogP contribution >= 0.6 is 23.1 Å². The Morgan fingerprint density at radius 2 is 2.07 bits per heavy atom. The average molecular weight is 242 g/mol. The molecule has 0 aliphatic heterocycles. The van der Waals surface area contributed by atoms with Gasteiger partial charge < -0.3 is 10.5 Å². The molecule has 2 aromatic rings. The SMILES string of the molecule is Nc1nsc(COc2ccc(Cl)cc2)n1. The van der Waals surface area contributed by atoms with Crippen LogP contribution in [0.2, 0.25) is 5.02 Å². The fourth-order valence-corrected chi connectivity index (χ4v) is 1.61. The minimum atomic E-state index is 0.287. The molecule has 1 heterocycles. The van der Waals surface area contributed by atoms with Gasteiger partial charge in [-0.15, -0.1) is 0 Å². The van der Waals surface area contributed by atoms with E-state index in [1.54, 1.807) is 24.3 Å². The van der Waals surface area contributed by atoms with Crippen LogP contribution in [0.4, 0.5) is 5.95 Å². The van der Waals surface area contributed by atoms with Crippen LogP contribution < -0.4 is 10.5 Å². The summed E-state index contributed by atoms with van der Waals surface area (Å²) in [7, 11) is 0. The van der Waals surface area contributed by atoms with Crippen molar-refractivity contribution >= 4 is 29.1 Å². The summed E-state index contributed by atoms with van der Waals surface area (Å²) in [6.07, 6.45) is 0. The Morgan fingerprint density at radius 1 is 1.33 bits per heavy atom. The van der Waals surface area contributed by atoms with E-state index in [4.69, 9.17) is 22.1 Å². The number of halogens is 1. The van der Waals surface area contributed by atoms with Crippen LogP contribution in [0.1, 0.15) is 5.01 Å². The molecule has 0 saturated heterocycles. The van der Waals surface area contributed by atoms with Gasteiger partial charge in [-0.3, -0.25) is 0 Å². The Balaban J connectivity index is 1.96. The lowest BCUT2D eigenvalue weighted by Gasteiger charge is -2.02. The van der Waals surface area contributed by atoms with Gasteiger partial charge in [0.2, 0.25) is 5.95 Å². The van der Waals surface area contributed by atoms with Gasteiger partial charge in [-0.25, -0.2) is 4.98 Å². The van der Waals surface area contributed by atoms with E-state index in [9.17, 15) is 0 Å². The fourth-order valence-electron chi connectivity index (χ4n) is 1.00. The maximum Gasteiger partial charge on any atom is 0.232 e. The van der Waals surface area contributed by atoms with Crippen LogP contribution in [0.3, 0.4) is 0 Å². The van der Waals surface area contributed by atoms with E-state index in [1.807, 2.05) is 0 Å². The first kappa shape index (κ1) is 10.2. The maximum atomic E-state index is 5.74. The lowest BCUT2D eigenvalue weighted by Crippen LogP contribution is -1.95. The van der Waals surface area contributed by atoms with Gasteiger partial charge in [-0.1, -0.05) is 11.6 Å². The summed E-state index contributed by atoms with van der Waals surface area (Å²) in [6.45, 7) is 0.372. The van der Waals surface area contributed by atoms with Gasteiger partial charge in [-0.2, -0.15) is 4.37 Å². The molecule has 1 aromatic carbocycles. The standard InChI is InChI=1S/C9H8ClN3OS/c10-6-1-3-7(4-2-6)14-5-8-12-9(11)13-15-8/h1-4H,5H2,(H2,11,13). The van der Waals surface area contributed by atoms with Crippen molar-refractivity contribution in [2.75, 3.05) is 5.73 Å². The summed E-state index contributed by atoms with van der Waals surface area (Å²) < 4.78 is 9.30. The Bertz CT molecular complexity index is 443. The van der Waals surface area contributed by atoms with Gasteiger partial charge in [0.05, 0.1) is 0 Å². The van der Waals surface area contributed by atoms with Crippen molar-refractivity contribution in [2.45, 2.75) is 6.61 Å². The molecular formula is C9H8ClN3OS. The van der Waals surface area contributed by atoms with Gasteiger partial charge >= 0.3 is 0 Å². The highest BCUT2D eigenvalue weighted by molar-refractivity contribution is 7.05. The molecule has 0 saturated carbocycles. The highest BCUT2D eigenvalue weighted by atomic mass is 35.5. The van der Waals surface area contributed by atoms with Crippen LogP contribution in [0.5, 0.6) is 5.75 Å². The highest BCUT2D eigenvalue weighted by Gasteiger charge is 2.01. The lowest BCUT2D eigenvalue weighted by molar-refractivity contribution is 0.305. The molecule has 0 fully saturated rings. The third kappa shape index (κ3) is 2.81. The molecule has 1 aromatic heterocycles. The molecular weight excluding hydrogens is 234 g/mol. The van der Waals surface area contributed by atoms with Crippen molar-refractivity contribution in [1.82, 2.24) is 9.36 Å². The average Bonchev–Trinajstić information content (AvgIpc) is 2.64. The summed E-state index contributed by atoms with van der Waals surface area (Å²) in [6, 6.07) is 7.14. The van der Waals surface area contributed by atoms with Crippen LogP contribution in [-0.2, 0) is 6.61 Å². The second-order valence-corrected chi connectivity index (χ2v) is 4.06. The zero-order valence-corrected chi connectivity index (χ0v) is 9.26. The van der Waals surface area contributed by atoms with E-state index in [-0.39, 0.29) is 5.95 Å². The molecule has 2 N–H and O–H groups in total. The number of nitrogen functional groups attached to an aromatic ring is 1. The number of benzene rings is 1. The predicted molar refractivity (Wildman–Crippen MR) is 60.1 cm³/mol. The van der Waals surface area contributed by atoms with Crippen LogP contribution in [-0.4, -0.2) is 9.36 Å². The summed E-state index contributed by atoms with van der Waals surface area (Å²) in [5.74, 6) is 1.03. The normalized spacial score (nSPS) is 10.2. The van der Waals surface area contributed by atoms with E-state index >= 15 is 0 Å². The topological polar surface area (TPSA) is 61.0 Å². The zero-order chi connectivity index (χ0) is 10.7. The second kappa shape index (κ2) is 4.46. The zero-order valence-electron chi connectivity index (χ0n) is 7.68. The fraction of sp³-hybridized carbons (Fsp3) is 0.111. The van der Waals surface area contributed by atoms with Crippen molar-refractivity contribution in [1.29, 1.82) is 0 Å². The molecule has 0 aliphatic rings. The van der Waals surface area contributed by atoms with Crippen molar-refractivity contribution < 1.29 is 4.74 Å². The number of nitrogens with zero attached hydrogens (tertiary/aromatic N) is 2. The monoisotopic (exact) mass is 241 g/mol. The Morgan fingerprint density at radius 3 is 2.67 bits per heavy atom. The number of rotatable bonds is 3. The summed E-state index contributed by atoms with van der Waals surface area (Å²) in [5, 5.41) is 1.44.